The van der Waals surface area contributed by atoms with Gasteiger partial charge in [0.15, 0.2) is 29.7 Å². The highest BCUT2D eigenvalue weighted by Crippen LogP contribution is 2.23. The Kier molecular flexibility index (Phi) is 5.08. The summed E-state index contributed by atoms with van der Waals surface area (Å²) >= 11 is 1.27. The zero-order chi connectivity index (χ0) is 18.7. The highest BCUT2D eigenvalue weighted by atomic mass is 32.1. The van der Waals surface area contributed by atoms with Crippen LogP contribution in [0.4, 0.5) is 4.39 Å². The molecule has 0 atom stereocenters. The van der Waals surface area contributed by atoms with Crippen LogP contribution in [0.15, 0.2) is 36.0 Å². The second-order valence-corrected chi connectivity index (χ2v) is 6.15. The number of hydrogen-bond donors (Lipinski definition) is 0. The maximum absolute atomic E-state index is 13.6. The number of nitrogens with zero attached hydrogens (tertiary/aromatic N) is 3. The Hall–Kier alpha value is -3.07. The van der Waals surface area contributed by atoms with E-state index in [-0.39, 0.29) is 17.0 Å². The van der Waals surface area contributed by atoms with Gasteiger partial charge in [0.05, 0.1) is 13.3 Å². The smallest absolute Gasteiger partial charge is 0.358 e. The maximum Gasteiger partial charge on any atom is 0.358 e. The Balaban J connectivity index is 1.63. The van der Waals surface area contributed by atoms with Crippen molar-refractivity contribution in [2.75, 3.05) is 13.7 Å². The molecule has 0 aliphatic rings. The lowest BCUT2D eigenvalue weighted by molar-refractivity contribution is 0.0469. The molecule has 0 saturated carbocycles. The molecular weight excluding hydrogens is 361 g/mol. The Morgan fingerprint density at radius 2 is 2.15 bits per heavy atom. The SMILES string of the molecule is COc1ccc(C(=O)COC(=O)c2csc(-c3cnn(C)c3)n2)cc1F. The van der Waals surface area contributed by atoms with Crippen LogP contribution in [0.25, 0.3) is 10.6 Å². The number of carbonyl (C=O) groups is 2. The Morgan fingerprint density at radius 3 is 2.81 bits per heavy atom. The number of aryl methyl sites for hydroxylation is 1. The van der Waals surface area contributed by atoms with Gasteiger partial charge in [-0.25, -0.2) is 14.2 Å². The Morgan fingerprint density at radius 1 is 1.35 bits per heavy atom. The molecule has 9 heteroatoms. The zero-order valence-electron chi connectivity index (χ0n) is 13.9. The highest BCUT2D eigenvalue weighted by molar-refractivity contribution is 7.13. The van der Waals surface area contributed by atoms with Crippen molar-refractivity contribution in [1.29, 1.82) is 0 Å². The number of carbonyl (C=O) groups excluding carboxylic acids is 2. The number of hydrogen-bond acceptors (Lipinski definition) is 7. The number of halogens is 1. The van der Waals surface area contributed by atoms with E-state index in [1.807, 2.05) is 0 Å². The van der Waals surface area contributed by atoms with E-state index in [1.54, 1.807) is 29.5 Å². The summed E-state index contributed by atoms with van der Waals surface area (Å²) in [6.45, 7) is -0.510. The van der Waals surface area contributed by atoms with Crippen molar-refractivity contribution in [2.24, 2.45) is 7.05 Å². The molecule has 0 saturated heterocycles. The van der Waals surface area contributed by atoms with Gasteiger partial charge in [-0.2, -0.15) is 5.10 Å². The van der Waals surface area contributed by atoms with Crippen LogP contribution in [0.1, 0.15) is 20.8 Å². The number of rotatable bonds is 6. The van der Waals surface area contributed by atoms with Crippen molar-refractivity contribution >= 4 is 23.1 Å². The first-order valence-corrected chi connectivity index (χ1v) is 8.34. The van der Waals surface area contributed by atoms with Crippen LogP contribution >= 0.6 is 11.3 Å². The predicted octanol–water partition coefficient (Wildman–Crippen LogP) is 2.73. The number of esters is 1. The summed E-state index contributed by atoms with van der Waals surface area (Å²) in [5.74, 6) is -1.88. The summed E-state index contributed by atoms with van der Waals surface area (Å²) in [5.41, 5.74) is 0.967. The summed E-state index contributed by atoms with van der Waals surface area (Å²) in [6.07, 6.45) is 3.41. The Labute approximate surface area is 152 Å². The van der Waals surface area contributed by atoms with Gasteiger partial charge in [0.25, 0.3) is 0 Å². The van der Waals surface area contributed by atoms with Gasteiger partial charge in [-0.3, -0.25) is 9.48 Å². The van der Waals surface area contributed by atoms with E-state index in [0.29, 0.717) is 5.01 Å². The van der Waals surface area contributed by atoms with Gasteiger partial charge in [-0.15, -0.1) is 11.3 Å². The van der Waals surface area contributed by atoms with Crippen LogP contribution in [0.5, 0.6) is 5.75 Å². The lowest BCUT2D eigenvalue weighted by Crippen LogP contribution is -2.14. The predicted molar refractivity (Wildman–Crippen MR) is 91.9 cm³/mol. The van der Waals surface area contributed by atoms with Gasteiger partial charge in [0.2, 0.25) is 0 Å². The number of ketones is 1. The fourth-order valence-corrected chi connectivity index (χ4v) is 2.92. The topological polar surface area (TPSA) is 83.3 Å². The maximum atomic E-state index is 13.6. The van der Waals surface area contributed by atoms with Crippen molar-refractivity contribution < 1.29 is 23.5 Å². The summed E-state index contributed by atoms with van der Waals surface area (Å²) in [7, 11) is 3.11. The van der Waals surface area contributed by atoms with Crippen LogP contribution in [0.2, 0.25) is 0 Å². The zero-order valence-corrected chi connectivity index (χ0v) is 14.7. The molecule has 26 heavy (non-hydrogen) atoms. The Bertz CT molecular complexity index is 967. The van der Waals surface area contributed by atoms with Crippen molar-refractivity contribution in [1.82, 2.24) is 14.8 Å². The molecule has 7 nitrogen and oxygen atoms in total. The highest BCUT2D eigenvalue weighted by Gasteiger charge is 2.17. The minimum Gasteiger partial charge on any atom is -0.494 e. The number of Topliss-reactive ketones (excluding diaryl/α,β-unsaturated/α-hetero) is 1. The fourth-order valence-electron chi connectivity index (χ4n) is 2.16. The summed E-state index contributed by atoms with van der Waals surface area (Å²) in [4.78, 5) is 28.3. The molecule has 0 fully saturated rings. The van der Waals surface area contributed by atoms with E-state index < -0.39 is 24.2 Å². The number of thiazole rings is 1. The van der Waals surface area contributed by atoms with Crippen LogP contribution in [-0.2, 0) is 11.8 Å². The summed E-state index contributed by atoms with van der Waals surface area (Å²) in [6, 6.07) is 3.78. The molecule has 2 heterocycles. The number of benzene rings is 1. The van der Waals surface area contributed by atoms with Gasteiger partial charge in [-0.1, -0.05) is 0 Å². The van der Waals surface area contributed by atoms with Crippen LogP contribution in [0.3, 0.4) is 0 Å². The minimum atomic E-state index is -0.723. The van der Waals surface area contributed by atoms with Gasteiger partial charge >= 0.3 is 5.97 Å². The van der Waals surface area contributed by atoms with E-state index in [2.05, 4.69) is 10.1 Å². The third-order valence-corrected chi connectivity index (χ3v) is 4.36. The van der Waals surface area contributed by atoms with E-state index in [1.165, 1.54) is 30.6 Å². The van der Waals surface area contributed by atoms with Crippen molar-refractivity contribution in [3.8, 4) is 16.3 Å². The molecular formula is C17H14FN3O4S. The minimum absolute atomic E-state index is 0.0314. The lowest BCUT2D eigenvalue weighted by Gasteiger charge is -2.05. The monoisotopic (exact) mass is 375 g/mol. The standard InChI is InChI=1S/C17H14FN3O4S/c1-21-7-11(6-19-21)16-20-13(9-26-16)17(23)25-8-14(22)10-3-4-15(24-2)12(18)5-10/h3-7,9H,8H2,1-2H3. The number of aromatic nitrogens is 3. The molecule has 3 aromatic rings. The quantitative estimate of drug-likeness (QED) is 0.487. The lowest BCUT2D eigenvalue weighted by atomic mass is 10.1. The molecule has 0 N–H and O–H groups in total. The van der Waals surface area contributed by atoms with Crippen molar-refractivity contribution in [3.05, 3.63) is 53.0 Å². The molecule has 1 aromatic carbocycles. The van der Waals surface area contributed by atoms with Crippen LogP contribution in [0, 0.1) is 5.82 Å². The van der Waals surface area contributed by atoms with Crippen molar-refractivity contribution in [3.63, 3.8) is 0 Å². The molecule has 0 radical (unpaired) electrons. The van der Waals surface area contributed by atoms with E-state index >= 15 is 0 Å². The summed E-state index contributed by atoms with van der Waals surface area (Å²) in [5, 5.41) is 6.21. The van der Waals surface area contributed by atoms with Gasteiger partial charge in [0.1, 0.15) is 5.01 Å². The molecule has 0 unspecified atom stereocenters. The fraction of sp³-hybridized carbons (Fsp3) is 0.176. The van der Waals surface area contributed by atoms with Crippen LogP contribution in [-0.4, -0.2) is 40.2 Å². The first-order valence-electron chi connectivity index (χ1n) is 7.46. The molecule has 0 aliphatic heterocycles. The number of ether oxygens (including phenoxy) is 2. The van der Waals surface area contributed by atoms with Crippen LogP contribution < -0.4 is 4.74 Å². The molecule has 0 spiro atoms. The first-order chi connectivity index (χ1) is 12.5. The normalized spacial score (nSPS) is 10.6. The average molecular weight is 375 g/mol. The largest absolute Gasteiger partial charge is 0.494 e. The average Bonchev–Trinajstić information content (AvgIpc) is 3.28. The van der Waals surface area contributed by atoms with E-state index in [0.717, 1.165) is 11.6 Å². The number of methoxy groups -OCH3 is 1. The van der Waals surface area contributed by atoms with E-state index in [4.69, 9.17) is 9.47 Å². The van der Waals surface area contributed by atoms with E-state index in [9.17, 15) is 14.0 Å². The third-order valence-electron chi connectivity index (χ3n) is 3.47. The molecule has 0 bridgehead atoms. The second-order valence-electron chi connectivity index (χ2n) is 5.29. The van der Waals surface area contributed by atoms with Crippen molar-refractivity contribution in [2.45, 2.75) is 0 Å². The molecule has 3 rings (SSSR count). The van der Waals surface area contributed by atoms with Gasteiger partial charge in [-0.05, 0) is 18.2 Å². The summed E-state index contributed by atoms with van der Waals surface area (Å²) < 4.78 is 25.0. The molecule has 2 aromatic heterocycles. The third kappa shape index (κ3) is 3.77. The first kappa shape index (κ1) is 17.7. The second kappa shape index (κ2) is 7.44. The molecule has 134 valence electrons. The molecule has 0 amide bonds. The molecule has 0 aliphatic carbocycles. The van der Waals surface area contributed by atoms with Gasteiger partial charge < -0.3 is 9.47 Å². The van der Waals surface area contributed by atoms with Gasteiger partial charge in [0, 0.05) is 29.8 Å².